The summed E-state index contributed by atoms with van der Waals surface area (Å²) in [6.07, 6.45) is -2.30. The molecule has 4 heteroatoms. The van der Waals surface area contributed by atoms with Gasteiger partial charge in [0.05, 0.1) is 6.54 Å². The number of benzene rings is 1. The third-order valence-corrected chi connectivity index (χ3v) is 3.69. The van der Waals surface area contributed by atoms with Gasteiger partial charge in [0, 0.05) is 11.4 Å². The zero-order valence-corrected chi connectivity index (χ0v) is 10.9. The molecule has 2 aromatic rings. The van der Waals surface area contributed by atoms with Crippen LogP contribution in [0.3, 0.4) is 0 Å². The van der Waals surface area contributed by atoms with Gasteiger partial charge in [-0.15, -0.1) is 11.3 Å². The Bertz CT molecular complexity index is 494. The van der Waals surface area contributed by atoms with Gasteiger partial charge in [-0.2, -0.15) is 0 Å². The maximum atomic E-state index is 12.1. The third kappa shape index (κ3) is 3.15. The van der Waals surface area contributed by atoms with E-state index in [9.17, 15) is 8.78 Å². The third-order valence-electron chi connectivity index (χ3n) is 2.73. The SMILES string of the molecule is Cc1scc(CNCC(F)F)c1-c1ccccc1. The average Bonchev–Trinajstić information content (AvgIpc) is 2.71. The number of thiophene rings is 1. The molecule has 0 spiro atoms. The van der Waals surface area contributed by atoms with Crippen molar-refractivity contribution in [3.63, 3.8) is 0 Å². The van der Waals surface area contributed by atoms with E-state index in [4.69, 9.17) is 0 Å². The molecule has 0 amide bonds. The van der Waals surface area contributed by atoms with Crippen molar-refractivity contribution in [1.29, 1.82) is 0 Å². The summed E-state index contributed by atoms with van der Waals surface area (Å²) in [5.74, 6) is 0. The molecule has 0 aliphatic rings. The van der Waals surface area contributed by atoms with Crippen LogP contribution in [0.25, 0.3) is 11.1 Å². The fourth-order valence-corrected chi connectivity index (χ4v) is 2.83. The number of nitrogens with one attached hydrogen (secondary N) is 1. The molecule has 0 atom stereocenters. The van der Waals surface area contributed by atoms with Gasteiger partial charge in [-0.1, -0.05) is 30.3 Å². The molecule has 1 aromatic carbocycles. The zero-order chi connectivity index (χ0) is 13.0. The van der Waals surface area contributed by atoms with Crippen LogP contribution in [0.4, 0.5) is 8.78 Å². The highest BCUT2D eigenvalue weighted by Gasteiger charge is 2.11. The van der Waals surface area contributed by atoms with Crippen LogP contribution in [0.5, 0.6) is 0 Å². The molecule has 0 unspecified atom stereocenters. The van der Waals surface area contributed by atoms with Crippen LogP contribution in [0.2, 0.25) is 0 Å². The van der Waals surface area contributed by atoms with Gasteiger partial charge in [-0.3, -0.25) is 0 Å². The zero-order valence-electron chi connectivity index (χ0n) is 10.1. The van der Waals surface area contributed by atoms with Crippen LogP contribution in [0.1, 0.15) is 10.4 Å². The van der Waals surface area contributed by atoms with Crippen molar-refractivity contribution in [1.82, 2.24) is 5.32 Å². The molecule has 1 heterocycles. The molecule has 96 valence electrons. The van der Waals surface area contributed by atoms with E-state index in [-0.39, 0.29) is 6.54 Å². The Kier molecular flexibility index (Phi) is 4.44. The molecule has 1 aromatic heterocycles. The normalized spacial score (nSPS) is 11.1. The van der Waals surface area contributed by atoms with Gasteiger partial charge in [0.25, 0.3) is 6.43 Å². The van der Waals surface area contributed by atoms with E-state index in [1.165, 1.54) is 10.4 Å². The Balaban J connectivity index is 2.17. The number of aryl methyl sites for hydroxylation is 1. The van der Waals surface area contributed by atoms with Crippen LogP contribution in [-0.4, -0.2) is 13.0 Å². The fourth-order valence-electron chi connectivity index (χ4n) is 1.94. The average molecular weight is 267 g/mol. The highest BCUT2D eigenvalue weighted by atomic mass is 32.1. The minimum atomic E-state index is -2.30. The van der Waals surface area contributed by atoms with Gasteiger partial charge in [0.2, 0.25) is 0 Å². The molecular weight excluding hydrogens is 252 g/mol. The first-order valence-corrected chi connectivity index (χ1v) is 6.67. The van der Waals surface area contributed by atoms with Gasteiger partial charge in [-0.05, 0) is 29.0 Å². The van der Waals surface area contributed by atoms with Crippen molar-refractivity contribution in [2.75, 3.05) is 6.54 Å². The van der Waals surface area contributed by atoms with Crippen LogP contribution < -0.4 is 5.32 Å². The molecule has 0 saturated carbocycles. The summed E-state index contributed by atoms with van der Waals surface area (Å²) < 4.78 is 24.2. The summed E-state index contributed by atoms with van der Waals surface area (Å²) in [6.45, 7) is 2.28. The second-order valence-corrected chi connectivity index (χ2v) is 5.16. The molecule has 18 heavy (non-hydrogen) atoms. The van der Waals surface area contributed by atoms with Gasteiger partial charge in [-0.25, -0.2) is 8.78 Å². The molecular formula is C14H15F2NS. The molecule has 2 rings (SSSR count). The minimum Gasteiger partial charge on any atom is -0.307 e. The fraction of sp³-hybridized carbons (Fsp3) is 0.286. The van der Waals surface area contributed by atoms with E-state index in [0.717, 1.165) is 11.1 Å². The Morgan fingerprint density at radius 1 is 1.22 bits per heavy atom. The highest BCUT2D eigenvalue weighted by Crippen LogP contribution is 2.32. The molecule has 0 fully saturated rings. The number of halogens is 2. The van der Waals surface area contributed by atoms with E-state index >= 15 is 0 Å². The lowest BCUT2D eigenvalue weighted by Gasteiger charge is -2.07. The Hall–Kier alpha value is -1.26. The smallest absolute Gasteiger partial charge is 0.250 e. The van der Waals surface area contributed by atoms with Gasteiger partial charge in [0.15, 0.2) is 0 Å². The molecule has 1 nitrogen and oxygen atoms in total. The van der Waals surface area contributed by atoms with Crippen molar-refractivity contribution in [2.24, 2.45) is 0 Å². The van der Waals surface area contributed by atoms with Crippen molar-refractivity contribution >= 4 is 11.3 Å². The standard InChI is InChI=1S/C14H15F2NS/c1-10-14(11-5-3-2-4-6-11)12(9-18-10)7-17-8-13(15)16/h2-6,9,13,17H,7-8H2,1H3. The highest BCUT2D eigenvalue weighted by molar-refractivity contribution is 7.10. The van der Waals surface area contributed by atoms with Crippen LogP contribution >= 0.6 is 11.3 Å². The van der Waals surface area contributed by atoms with Crippen molar-refractivity contribution < 1.29 is 8.78 Å². The van der Waals surface area contributed by atoms with Crippen molar-refractivity contribution in [3.8, 4) is 11.1 Å². The first-order valence-electron chi connectivity index (χ1n) is 5.79. The summed E-state index contributed by atoms with van der Waals surface area (Å²) in [4.78, 5) is 1.22. The molecule has 0 aliphatic carbocycles. The predicted molar refractivity (Wildman–Crippen MR) is 72.2 cm³/mol. The molecule has 0 radical (unpaired) electrons. The van der Waals surface area contributed by atoms with Gasteiger partial charge < -0.3 is 5.32 Å². The molecule has 0 bridgehead atoms. The van der Waals surface area contributed by atoms with Gasteiger partial charge >= 0.3 is 0 Å². The monoisotopic (exact) mass is 267 g/mol. The van der Waals surface area contributed by atoms with E-state index in [2.05, 4.69) is 12.2 Å². The Morgan fingerprint density at radius 2 is 1.94 bits per heavy atom. The lowest BCUT2D eigenvalue weighted by Crippen LogP contribution is -2.20. The Morgan fingerprint density at radius 3 is 2.61 bits per heavy atom. The number of alkyl halides is 2. The lowest BCUT2D eigenvalue weighted by molar-refractivity contribution is 0.145. The van der Waals surface area contributed by atoms with Crippen molar-refractivity contribution in [2.45, 2.75) is 19.9 Å². The summed E-state index contributed by atoms with van der Waals surface area (Å²) in [5, 5.41) is 4.82. The second-order valence-electron chi connectivity index (χ2n) is 4.08. The number of hydrogen-bond acceptors (Lipinski definition) is 2. The summed E-state index contributed by atoms with van der Waals surface area (Å²) in [5.41, 5.74) is 3.40. The first-order chi connectivity index (χ1) is 8.68. The molecule has 1 N–H and O–H groups in total. The van der Waals surface area contributed by atoms with Crippen LogP contribution in [0.15, 0.2) is 35.7 Å². The topological polar surface area (TPSA) is 12.0 Å². The van der Waals surface area contributed by atoms with E-state index < -0.39 is 6.43 Å². The number of hydrogen-bond donors (Lipinski definition) is 1. The van der Waals surface area contributed by atoms with Gasteiger partial charge in [0.1, 0.15) is 0 Å². The van der Waals surface area contributed by atoms with E-state index in [1.54, 1.807) is 11.3 Å². The van der Waals surface area contributed by atoms with Crippen molar-refractivity contribution in [3.05, 3.63) is 46.2 Å². The summed E-state index contributed by atoms with van der Waals surface area (Å²) >= 11 is 1.66. The van der Waals surface area contributed by atoms with E-state index in [0.29, 0.717) is 6.54 Å². The predicted octanol–water partition coefficient (Wildman–Crippen LogP) is 4.08. The minimum absolute atomic E-state index is 0.261. The van der Waals surface area contributed by atoms with Crippen LogP contribution in [0, 0.1) is 6.92 Å². The lowest BCUT2D eigenvalue weighted by atomic mass is 10.0. The first kappa shape index (κ1) is 13.2. The maximum Gasteiger partial charge on any atom is 0.250 e. The van der Waals surface area contributed by atoms with E-state index in [1.807, 2.05) is 35.7 Å². The largest absolute Gasteiger partial charge is 0.307 e. The summed E-state index contributed by atoms with van der Waals surface area (Å²) in [7, 11) is 0. The Labute approximate surface area is 109 Å². The quantitative estimate of drug-likeness (QED) is 0.860. The summed E-state index contributed by atoms with van der Waals surface area (Å²) in [6, 6.07) is 10.0. The molecule has 0 aliphatic heterocycles. The second kappa shape index (κ2) is 6.07. The number of rotatable bonds is 5. The molecule has 0 saturated heterocycles. The maximum absolute atomic E-state index is 12.1. The van der Waals surface area contributed by atoms with Crippen LogP contribution in [-0.2, 0) is 6.54 Å².